The Morgan fingerprint density at radius 1 is 0.846 bits per heavy atom. The third-order valence-electron chi connectivity index (χ3n) is 3.42. The molecule has 3 rings (SSSR count). The summed E-state index contributed by atoms with van der Waals surface area (Å²) in [6, 6.07) is 24.7. The Bertz CT molecular complexity index is 923. The second-order valence-electron chi connectivity index (χ2n) is 5.25. The highest BCUT2D eigenvalue weighted by Crippen LogP contribution is 2.16. The van der Waals surface area contributed by atoms with Gasteiger partial charge in [0.15, 0.2) is 0 Å². The number of hydrogen-bond donors (Lipinski definition) is 1. The van der Waals surface area contributed by atoms with E-state index in [1.807, 2.05) is 60.7 Å². The lowest BCUT2D eigenvalue weighted by Gasteiger charge is -2.03. The number of nitrogens with zero attached hydrogens (tertiary/aromatic N) is 4. The molecule has 0 atom stereocenters. The lowest BCUT2D eigenvalue weighted by molar-refractivity contribution is -0.384. The van der Waals surface area contributed by atoms with E-state index in [1.165, 1.54) is 12.1 Å². The smallest absolute Gasteiger partial charge is 0.269 e. The third kappa shape index (κ3) is 4.57. The number of nitrogens with one attached hydrogen (secondary N) is 1. The van der Waals surface area contributed by atoms with E-state index in [2.05, 4.69) is 20.8 Å². The van der Waals surface area contributed by atoms with Gasteiger partial charge in [-0.25, -0.2) is 0 Å². The number of nitro benzene ring substituents is 1. The molecule has 0 aliphatic rings. The molecule has 0 aliphatic carbocycles. The highest BCUT2D eigenvalue weighted by Gasteiger charge is 2.08. The highest BCUT2D eigenvalue weighted by atomic mass is 16.6. The SMILES string of the molecule is O=[N+]([O-])c1ccc(C(N=Nc2ccccc2)=NNc2ccccc2)cc1. The fraction of sp³-hybridized carbons (Fsp3) is 0. The van der Waals surface area contributed by atoms with Crippen LogP contribution in [0.2, 0.25) is 0 Å². The average Bonchev–Trinajstić information content (AvgIpc) is 2.70. The van der Waals surface area contributed by atoms with Gasteiger partial charge in [0.05, 0.1) is 16.3 Å². The molecule has 0 saturated heterocycles. The molecular weight excluding hydrogens is 330 g/mol. The standard InChI is InChI=1S/C19H15N5O2/c25-24(26)18-13-11-15(12-14-18)19(22-20-16-7-3-1-4-8-16)23-21-17-9-5-2-6-10-17/h1-14,20H. The maximum Gasteiger partial charge on any atom is 0.269 e. The van der Waals surface area contributed by atoms with E-state index in [0.717, 1.165) is 5.69 Å². The van der Waals surface area contributed by atoms with Crippen LogP contribution < -0.4 is 5.43 Å². The normalized spacial score (nSPS) is 11.5. The third-order valence-corrected chi connectivity index (χ3v) is 3.42. The molecule has 7 heteroatoms. The number of anilines is 1. The van der Waals surface area contributed by atoms with Crippen LogP contribution in [0.1, 0.15) is 5.56 Å². The van der Waals surface area contributed by atoms with Crippen molar-refractivity contribution in [3.8, 4) is 0 Å². The number of rotatable bonds is 5. The maximum absolute atomic E-state index is 10.8. The van der Waals surface area contributed by atoms with Gasteiger partial charge in [-0.05, 0) is 36.4 Å². The molecule has 3 aromatic carbocycles. The summed E-state index contributed by atoms with van der Waals surface area (Å²) in [7, 11) is 0. The molecule has 0 heterocycles. The number of non-ortho nitro benzene ring substituents is 1. The first kappa shape index (κ1) is 17.0. The molecule has 0 fully saturated rings. The minimum atomic E-state index is -0.450. The Balaban J connectivity index is 1.90. The summed E-state index contributed by atoms with van der Waals surface area (Å²) < 4.78 is 0. The van der Waals surface area contributed by atoms with Gasteiger partial charge in [-0.2, -0.15) is 5.10 Å². The molecule has 0 amide bonds. The van der Waals surface area contributed by atoms with Gasteiger partial charge in [0, 0.05) is 17.7 Å². The maximum atomic E-state index is 10.8. The van der Waals surface area contributed by atoms with Crippen molar-refractivity contribution in [2.24, 2.45) is 15.3 Å². The summed E-state index contributed by atoms with van der Waals surface area (Å²) in [5.41, 5.74) is 5.01. The molecular formula is C19H15N5O2. The van der Waals surface area contributed by atoms with Gasteiger partial charge in [0.25, 0.3) is 5.69 Å². The van der Waals surface area contributed by atoms with Crippen LogP contribution in [0.5, 0.6) is 0 Å². The molecule has 26 heavy (non-hydrogen) atoms. The van der Waals surface area contributed by atoms with E-state index in [-0.39, 0.29) is 5.69 Å². The van der Waals surface area contributed by atoms with Gasteiger partial charge in [0.1, 0.15) is 0 Å². The molecule has 128 valence electrons. The molecule has 0 unspecified atom stereocenters. The molecule has 0 spiro atoms. The Morgan fingerprint density at radius 3 is 2.08 bits per heavy atom. The van der Waals surface area contributed by atoms with Crippen molar-refractivity contribution in [2.45, 2.75) is 0 Å². The zero-order chi connectivity index (χ0) is 18.2. The second-order valence-corrected chi connectivity index (χ2v) is 5.25. The Morgan fingerprint density at radius 2 is 1.46 bits per heavy atom. The molecule has 0 bridgehead atoms. The number of nitro groups is 1. The number of para-hydroxylation sites is 1. The van der Waals surface area contributed by atoms with E-state index < -0.39 is 4.92 Å². The van der Waals surface area contributed by atoms with Crippen molar-refractivity contribution in [1.82, 2.24) is 0 Å². The summed E-state index contributed by atoms with van der Waals surface area (Å²) in [6.07, 6.45) is 0. The van der Waals surface area contributed by atoms with Gasteiger partial charge in [-0.1, -0.05) is 36.4 Å². The molecule has 3 aromatic rings. The predicted octanol–water partition coefficient (Wildman–Crippen LogP) is 5.15. The van der Waals surface area contributed by atoms with Gasteiger partial charge in [-0.15, -0.1) is 10.2 Å². The van der Waals surface area contributed by atoms with Crippen molar-refractivity contribution >= 4 is 22.9 Å². The lowest BCUT2D eigenvalue weighted by atomic mass is 10.2. The zero-order valence-corrected chi connectivity index (χ0v) is 13.7. The van der Waals surface area contributed by atoms with Crippen LogP contribution in [-0.4, -0.2) is 10.8 Å². The van der Waals surface area contributed by atoms with Crippen LogP contribution in [0.25, 0.3) is 0 Å². The van der Waals surface area contributed by atoms with Crippen LogP contribution in [-0.2, 0) is 0 Å². The van der Waals surface area contributed by atoms with Crippen LogP contribution in [0.15, 0.2) is 100 Å². The Hall–Kier alpha value is -3.87. The molecule has 0 aromatic heterocycles. The fourth-order valence-electron chi connectivity index (χ4n) is 2.11. The number of benzene rings is 3. The summed E-state index contributed by atoms with van der Waals surface area (Å²) >= 11 is 0. The van der Waals surface area contributed by atoms with Crippen LogP contribution in [0.3, 0.4) is 0 Å². The number of azo groups is 1. The van der Waals surface area contributed by atoms with Gasteiger partial charge < -0.3 is 0 Å². The second kappa shape index (κ2) is 8.29. The van der Waals surface area contributed by atoms with E-state index >= 15 is 0 Å². The van der Waals surface area contributed by atoms with Gasteiger partial charge >= 0.3 is 0 Å². The molecule has 0 aliphatic heterocycles. The Labute approximate surface area is 149 Å². The highest BCUT2D eigenvalue weighted by molar-refractivity contribution is 5.99. The van der Waals surface area contributed by atoms with Gasteiger partial charge in [-0.3, -0.25) is 15.5 Å². The fourth-order valence-corrected chi connectivity index (χ4v) is 2.11. The van der Waals surface area contributed by atoms with Crippen molar-refractivity contribution in [2.75, 3.05) is 5.43 Å². The number of hydrogen-bond acceptors (Lipinski definition) is 5. The molecule has 1 N–H and O–H groups in total. The lowest BCUT2D eigenvalue weighted by Crippen LogP contribution is -2.01. The Kier molecular flexibility index (Phi) is 5.41. The number of amidine groups is 1. The van der Waals surface area contributed by atoms with E-state index in [9.17, 15) is 10.1 Å². The number of hydrazone groups is 1. The summed E-state index contributed by atoms with van der Waals surface area (Å²) in [4.78, 5) is 10.4. The zero-order valence-electron chi connectivity index (χ0n) is 13.7. The topological polar surface area (TPSA) is 92.2 Å². The summed E-state index contributed by atoms with van der Waals surface area (Å²) in [5.74, 6) is 0.313. The quantitative estimate of drug-likeness (QED) is 0.228. The summed E-state index contributed by atoms with van der Waals surface area (Å²) in [6.45, 7) is 0. The van der Waals surface area contributed by atoms with E-state index in [4.69, 9.17) is 0 Å². The monoisotopic (exact) mass is 345 g/mol. The van der Waals surface area contributed by atoms with Crippen LogP contribution in [0, 0.1) is 10.1 Å². The van der Waals surface area contributed by atoms with Crippen molar-refractivity contribution in [1.29, 1.82) is 0 Å². The van der Waals surface area contributed by atoms with Crippen molar-refractivity contribution in [3.63, 3.8) is 0 Å². The van der Waals surface area contributed by atoms with Crippen molar-refractivity contribution in [3.05, 3.63) is 101 Å². The van der Waals surface area contributed by atoms with Crippen molar-refractivity contribution < 1.29 is 4.92 Å². The predicted molar refractivity (Wildman–Crippen MR) is 101 cm³/mol. The minimum absolute atomic E-state index is 0.00381. The minimum Gasteiger partial charge on any atom is -0.276 e. The van der Waals surface area contributed by atoms with Crippen LogP contribution >= 0.6 is 0 Å². The molecule has 0 saturated carbocycles. The average molecular weight is 345 g/mol. The van der Waals surface area contributed by atoms with Gasteiger partial charge in [0.2, 0.25) is 5.84 Å². The molecule has 7 nitrogen and oxygen atoms in total. The first-order valence-electron chi connectivity index (χ1n) is 7.83. The first-order valence-corrected chi connectivity index (χ1v) is 7.83. The molecule has 0 radical (unpaired) electrons. The van der Waals surface area contributed by atoms with Crippen LogP contribution in [0.4, 0.5) is 17.1 Å². The van der Waals surface area contributed by atoms with E-state index in [0.29, 0.717) is 17.1 Å². The van der Waals surface area contributed by atoms with E-state index in [1.54, 1.807) is 12.1 Å². The first-order chi connectivity index (χ1) is 12.7. The largest absolute Gasteiger partial charge is 0.276 e. The summed E-state index contributed by atoms with van der Waals surface area (Å²) in [5, 5.41) is 23.5.